The van der Waals surface area contributed by atoms with Gasteiger partial charge in [-0.15, -0.1) is 13.2 Å². The topological polar surface area (TPSA) is 95.9 Å². The van der Waals surface area contributed by atoms with E-state index < -0.39 is 12.0 Å². The zero-order valence-corrected chi connectivity index (χ0v) is 21.4. The van der Waals surface area contributed by atoms with E-state index >= 15 is 0 Å². The summed E-state index contributed by atoms with van der Waals surface area (Å²) >= 11 is 0. The number of aliphatic hydroxyl groups excluding tert-OH is 1. The number of esters is 1. The third-order valence-corrected chi connectivity index (χ3v) is 5.88. The number of allylic oxidation sites excluding steroid dienone is 2. The number of rotatable bonds is 17. The number of carbonyl (C=O) groups excluding carboxylic acids is 3. The molecule has 0 saturated heterocycles. The molecule has 0 saturated carbocycles. The first-order valence-electron chi connectivity index (χ1n) is 12.6. The minimum absolute atomic E-state index is 0.0258. The van der Waals surface area contributed by atoms with E-state index in [2.05, 4.69) is 18.5 Å². The number of ether oxygens (including phenoxy) is 1. The van der Waals surface area contributed by atoms with Crippen molar-refractivity contribution in [1.82, 2.24) is 10.2 Å². The van der Waals surface area contributed by atoms with Crippen LogP contribution in [0.5, 0.6) is 0 Å². The van der Waals surface area contributed by atoms with E-state index in [1.54, 1.807) is 17.1 Å². The van der Waals surface area contributed by atoms with Crippen LogP contribution in [0.4, 0.5) is 0 Å². The smallest absolute Gasteiger partial charge is 0.306 e. The quantitative estimate of drug-likeness (QED) is 0.189. The first-order chi connectivity index (χ1) is 18.0. The summed E-state index contributed by atoms with van der Waals surface area (Å²) < 4.78 is 5.68. The highest BCUT2D eigenvalue weighted by Gasteiger charge is 2.25. The van der Waals surface area contributed by atoms with Crippen molar-refractivity contribution in [2.24, 2.45) is 5.92 Å². The number of amides is 2. The Morgan fingerprint density at radius 1 is 1.00 bits per heavy atom. The Balaban J connectivity index is 2.04. The van der Waals surface area contributed by atoms with Gasteiger partial charge in [0.1, 0.15) is 6.10 Å². The van der Waals surface area contributed by atoms with Crippen LogP contribution in [0, 0.1) is 5.92 Å². The highest BCUT2D eigenvalue weighted by atomic mass is 16.5. The average molecular weight is 507 g/mol. The molecule has 0 bridgehead atoms. The third kappa shape index (κ3) is 10.8. The minimum Gasteiger partial charge on any atom is -0.456 e. The molecule has 0 radical (unpaired) electrons. The highest BCUT2D eigenvalue weighted by molar-refractivity contribution is 5.86. The Labute approximate surface area is 219 Å². The molecule has 2 atom stereocenters. The molecular formula is C30H38N2O5. The van der Waals surface area contributed by atoms with Crippen molar-refractivity contribution in [3.05, 3.63) is 97.1 Å². The maximum atomic E-state index is 13.1. The second-order valence-electron chi connectivity index (χ2n) is 8.77. The lowest BCUT2D eigenvalue weighted by Crippen LogP contribution is -2.39. The van der Waals surface area contributed by atoms with Crippen LogP contribution >= 0.6 is 0 Å². The van der Waals surface area contributed by atoms with Gasteiger partial charge in [0, 0.05) is 25.9 Å². The van der Waals surface area contributed by atoms with Crippen LogP contribution in [0.25, 0.3) is 0 Å². The Hall–Kier alpha value is -3.71. The molecule has 0 spiro atoms. The molecule has 7 nitrogen and oxygen atoms in total. The van der Waals surface area contributed by atoms with Crippen molar-refractivity contribution in [2.75, 3.05) is 19.7 Å². The number of benzene rings is 2. The lowest BCUT2D eigenvalue weighted by atomic mass is 9.98. The van der Waals surface area contributed by atoms with Gasteiger partial charge in [0.25, 0.3) is 0 Å². The summed E-state index contributed by atoms with van der Waals surface area (Å²) in [4.78, 5) is 40.1. The molecule has 2 N–H and O–H groups in total. The number of aliphatic hydroxyl groups is 1. The molecule has 0 aliphatic carbocycles. The summed E-state index contributed by atoms with van der Waals surface area (Å²) in [5, 5.41) is 12.3. The molecule has 0 heterocycles. The number of nitrogens with one attached hydrogen (secondary N) is 1. The minimum atomic E-state index is -0.648. The molecule has 198 valence electrons. The summed E-state index contributed by atoms with van der Waals surface area (Å²) in [6.07, 6.45) is 4.63. The van der Waals surface area contributed by atoms with Gasteiger partial charge in [0.2, 0.25) is 11.8 Å². The third-order valence-electron chi connectivity index (χ3n) is 5.88. The van der Waals surface area contributed by atoms with Crippen molar-refractivity contribution >= 4 is 17.8 Å². The van der Waals surface area contributed by atoms with Crippen molar-refractivity contribution in [3.8, 4) is 0 Å². The lowest BCUT2D eigenvalue weighted by Gasteiger charge is -2.25. The molecular weight excluding hydrogens is 468 g/mol. The fourth-order valence-corrected chi connectivity index (χ4v) is 3.88. The molecule has 0 aliphatic heterocycles. The van der Waals surface area contributed by atoms with Crippen LogP contribution in [-0.4, -0.2) is 47.5 Å². The molecule has 0 fully saturated rings. The number of carbonyl (C=O) groups is 3. The summed E-state index contributed by atoms with van der Waals surface area (Å²) in [7, 11) is 0. The molecule has 0 aromatic heterocycles. The fraction of sp³-hybridized carbons (Fsp3) is 0.367. The number of hydrogen-bond acceptors (Lipinski definition) is 5. The largest absolute Gasteiger partial charge is 0.456 e. The van der Waals surface area contributed by atoms with Crippen LogP contribution in [0.2, 0.25) is 0 Å². The first-order valence-corrected chi connectivity index (χ1v) is 12.6. The van der Waals surface area contributed by atoms with Gasteiger partial charge in [0.05, 0.1) is 19.1 Å². The van der Waals surface area contributed by atoms with E-state index in [4.69, 9.17) is 4.74 Å². The molecule has 37 heavy (non-hydrogen) atoms. The summed E-state index contributed by atoms with van der Waals surface area (Å²) in [5.41, 5.74) is 1.71. The van der Waals surface area contributed by atoms with Gasteiger partial charge in [-0.3, -0.25) is 14.4 Å². The second kappa shape index (κ2) is 16.9. The van der Waals surface area contributed by atoms with Crippen molar-refractivity contribution in [3.63, 3.8) is 0 Å². The summed E-state index contributed by atoms with van der Waals surface area (Å²) in [5.74, 6) is -1.53. The van der Waals surface area contributed by atoms with E-state index in [-0.39, 0.29) is 50.3 Å². The zero-order chi connectivity index (χ0) is 26.9. The van der Waals surface area contributed by atoms with Gasteiger partial charge in [-0.2, -0.15) is 0 Å². The first kappa shape index (κ1) is 29.5. The maximum absolute atomic E-state index is 13.1. The van der Waals surface area contributed by atoms with Crippen LogP contribution < -0.4 is 5.32 Å². The van der Waals surface area contributed by atoms with E-state index in [0.29, 0.717) is 19.4 Å². The number of unbranched alkanes of at least 4 members (excludes halogenated alkanes) is 1. The average Bonchev–Trinajstić information content (AvgIpc) is 2.91. The van der Waals surface area contributed by atoms with Crippen LogP contribution in [0.1, 0.15) is 49.3 Å². The second-order valence-corrected chi connectivity index (χ2v) is 8.77. The van der Waals surface area contributed by atoms with Gasteiger partial charge in [0.15, 0.2) is 0 Å². The molecule has 2 aromatic carbocycles. The molecule has 0 unspecified atom stereocenters. The highest BCUT2D eigenvalue weighted by Crippen LogP contribution is 2.19. The zero-order valence-electron chi connectivity index (χ0n) is 21.4. The van der Waals surface area contributed by atoms with E-state index in [1.807, 2.05) is 60.7 Å². The number of hydrogen-bond donors (Lipinski definition) is 2. The van der Waals surface area contributed by atoms with Gasteiger partial charge in [-0.05, 0) is 30.4 Å². The van der Waals surface area contributed by atoms with E-state index in [0.717, 1.165) is 17.5 Å². The Morgan fingerprint density at radius 3 is 2.30 bits per heavy atom. The Morgan fingerprint density at radius 2 is 1.68 bits per heavy atom. The predicted molar refractivity (Wildman–Crippen MR) is 144 cm³/mol. The van der Waals surface area contributed by atoms with Crippen molar-refractivity contribution in [2.45, 2.75) is 44.8 Å². The van der Waals surface area contributed by atoms with Crippen molar-refractivity contribution < 1.29 is 24.2 Å². The van der Waals surface area contributed by atoms with Crippen molar-refractivity contribution in [1.29, 1.82) is 0 Å². The predicted octanol–water partition coefficient (Wildman–Crippen LogP) is 4.35. The Kier molecular flexibility index (Phi) is 13.5. The van der Waals surface area contributed by atoms with E-state index in [9.17, 15) is 19.5 Å². The molecule has 2 aromatic rings. The normalized spacial score (nSPS) is 12.1. The fourth-order valence-electron chi connectivity index (χ4n) is 3.88. The molecule has 0 aliphatic rings. The van der Waals surface area contributed by atoms with Gasteiger partial charge in [-0.25, -0.2) is 0 Å². The molecule has 2 rings (SSSR count). The standard InChI is InChI=1S/C30H38N2O5/c1-3-5-8-18-29(35)37-27(25-16-11-7-12-17-25)22-31-30(36)26(13-4-2)21-28(34)32(19-20-33)23-24-14-9-6-10-15-24/h3-4,6-7,9-12,14-17,26-27,33H,1-2,5,8,13,18-23H2,(H,31,36)/t26-,27+/m1/s1. The maximum Gasteiger partial charge on any atom is 0.306 e. The van der Waals surface area contributed by atoms with Crippen LogP contribution in [0.3, 0.4) is 0 Å². The monoisotopic (exact) mass is 506 g/mol. The van der Waals surface area contributed by atoms with Gasteiger partial charge in [-0.1, -0.05) is 72.8 Å². The summed E-state index contributed by atoms with van der Waals surface area (Å²) in [6, 6.07) is 18.7. The molecule has 7 heteroatoms. The van der Waals surface area contributed by atoms with Gasteiger partial charge >= 0.3 is 5.97 Å². The lowest BCUT2D eigenvalue weighted by molar-refractivity contribution is -0.150. The SMILES string of the molecule is C=CCCCC(=O)O[C@@H](CNC(=O)[C@H](CC=C)CC(=O)N(CCO)Cc1ccccc1)c1ccccc1. The van der Waals surface area contributed by atoms with Gasteiger partial charge < -0.3 is 20.1 Å². The summed E-state index contributed by atoms with van der Waals surface area (Å²) in [6.45, 7) is 7.83. The number of nitrogens with zero attached hydrogens (tertiary/aromatic N) is 1. The van der Waals surface area contributed by atoms with Crippen LogP contribution in [-0.2, 0) is 25.7 Å². The Bertz CT molecular complexity index is 994. The molecule has 2 amide bonds. The van der Waals surface area contributed by atoms with E-state index in [1.165, 1.54) is 0 Å². The van der Waals surface area contributed by atoms with Crippen LogP contribution in [0.15, 0.2) is 86.0 Å².